The Kier molecular flexibility index (Phi) is 11.5. The fourth-order valence-corrected chi connectivity index (χ4v) is 8.28. The van der Waals surface area contributed by atoms with Gasteiger partial charge in [-0.3, -0.25) is 9.59 Å². The molecule has 0 atom stereocenters. The highest BCUT2D eigenvalue weighted by Crippen LogP contribution is 2.29. The predicted octanol–water partition coefficient (Wildman–Crippen LogP) is 8.33. The molecule has 12 nitrogen and oxygen atoms in total. The van der Waals surface area contributed by atoms with Crippen molar-refractivity contribution in [1.82, 2.24) is 24.5 Å². The summed E-state index contributed by atoms with van der Waals surface area (Å²) in [5.41, 5.74) is 5.93. The van der Waals surface area contributed by atoms with Crippen LogP contribution in [-0.2, 0) is 9.84 Å². The summed E-state index contributed by atoms with van der Waals surface area (Å²) in [7, 11) is -1.46. The maximum atomic E-state index is 13.3. The molecule has 3 heterocycles. The first-order valence-electron chi connectivity index (χ1n) is 20.0. The third-order valence-electron chi connectivity index (χ3n) is 10.6. The normalized spacial score (nSPS) is 13.1. The number of sulfone groups is 1. The number of amides is 2. The van der Waals surface area contributed by atoms with Gasteiger partial charge in [0.05, 0.1) is 27.7 Å². The van der Waals surface area contributed by atoms with Crippen molar-refractivity contribution >= 4 is 60.3 Å². The van der Waals surface area contributed by atoms with Gasteiger partial charge in [0.2, 0.25) is 0 Å². The molecule has 61 heavy (non-hydrogen) atoms. The third-order valence-corrected chi connectivity index (χ3v) is 11.7. The number of aryl methyl sites for hydroxylation is 2. The lowest BCUT2D eigenvalue weighted by Crippen LogP contribution is -2.44. The van der Waals surface area contributed by atoms with E-state index in [1.807, 2.05) is 116 Å². The van der Waals surface area contributed by atoms with E-state index in [0.29, 0.717) is 22.8 Å². The summed E-state index contributed by atoms with van der Waals surface area (Å²) in [5, 5.41) is 18.8. The van der Waals surface area contributed by atoms with E-state index in [-0.39, 0.29) is 22.4 Å². The van der Waals surface area contributed by atoms with E-state index in [9.17, 15) is 18.0 Å². The lowest BCUT2D eigenvalue weighted by Gasteiger charge is -2.34. The molecule has 0 bridgehead atoms. The Morgan fingerprint density at radius 1 is 0.541 bits per heavy atom. The van der Waals surface area contributed by atoms with Crippen molar-refractivity contribution < 1.29 is 18.0 Å². The van der Waals surface area contributed by atoms with Crippen LogP contribution in [0.4, 0.5) is 17.1 Å². The minimum Gasteiger partial charge on any atom is -0.369 e. The third kappa shape index (κ3) is 9.23. The van der Waals surface area contributed by atoms with E-state index < -0.39 is 9.84 Å². The summed E-state index contributed by atoms with van der Waals surface area (Å²) in [6, 6.07) is 45.8. The van der Waals surface area contributed by atoms with Gasteiger partial charge >= 0.3 is 0 Å². The molecular weight excluding hydrogens is 785 g/mol. The van der Waals surface area contributed by atoms with Crippen LogP contribution in [0.2, 0.25) is 0 Å². The quantitative estimate of drug-likeness (QED) is 0.156. The van der Waals surface area contributed by atoms with Crippen LogP contribution in [0.3, 0.4) is 0 Å². The molecule has 0 radical (unpaired) electrons. The van der Waals surface area contributed by atoms with Crippen molar-refractivity contribution in [3.63, 3.8) is 0 Å². The van der Waals surface area contributed by atoms with Crippen LogP contribution in [0.25, 0.3) is 32.9 Å². The lowest BCUT2D eigenvalue weighted by molar-refractivity contribution is 0.101. The summed E-state index contributed by atoms with van der Waals surface area (Å²) in [6.07, 6.45) is 1.17. The zero-order chi connectivity index (χ0) is 42.7. The van der Waals surface area contributed by atoms with Crippen molar-refractivity contribution in [3.8, 4) is 11.4 Å². The van der Waals surface area contributed by atoms with Gasteiger partial charge in [0.25, 0.3) is 11.8 Å². The molecule has 2 amide bonds. The first-order chi connectivity index (χ1) is 29.4. The van der Waals surface area contributed by atoms with Crippen LogP contribution in [0.1, 0.15) is 32.4 Å². The van der Waals surface area contributed by atoms with Crippen molar-refractivity contribution in [2.75, 3.05) is 55.0 Å². The second kappa shape index (κ2) is 17.3. The van der Waals surface area contributed by atoms with Gasteiger partial charge in [0.1, 0.15) is 11.4 Å². The molecule has 0 saturated carbocycles. The molecule has 0 unspecified atom stereocenters. The van der Waals surface area contributed by atoms with Gasteiger partial charge in [-0.1, -0.05) is 72.8 Å². The van der Waals surface area contributed by atoms with Crippen molar-refractivity contribution in [2.45, 2.75) is 18.7 Å². The minimum absolute atomic E-state index is 0.120. The molecular formula is C48H46N8O4S. The number of carbonyl (C=O) groups excluding carboxylic acids is 2. The molecule has 0 spiro atoms. The fraction of sp³-hybridized carbons (Fsp3) is 0.167. The molecule has 6 aromatic carbocycles. The highest BCUT2D eigenvalue weighted by atomic mass is 32.2. The number of para-hydroxylation sites is 1. The summed E-state index contributed by atoms with van der Waals surface area (Å²) in [6.45, 7) is 7.64. The van der Waals surface area contributed by atoms with E-state index in [0.717, 1.165) is 70.5 Å². The monoisotopic (exact) mass is 830 g/mol. The second-order valence-corrected chi connectivity index (χ2v) is 17.2. The van der Waals surface area contributed by atoms with Gasteiger partial charge < -0.3 is 20.4 Å². The first kappa shape index (κ1) is 40.7. The number of fused-ring (bicyclic) bond motifs is 2. The van der Waals surface area contributed by atoms with E-state index in [1.165, 1.54) is 10.9 Å². The molecule has 9 rings (SSSR count). The van der Waals surface area contributed by atoms with Gasteiger partial charge in [0, 0.05) is 49.5 Å². The maximum Gasteiger partial charge on any atom is 0.274 e. The standard InChI is InChI=1S/C27H29N5O3S.C21H17N3O/c1-19-16-25(27(33)28-22-8-10-23(11-9-22)31-14-12-30(2)13-15-31)32(29-19)24-17-20-6-4-5-7-21(20)18-26(24)36(3,34)35;1-15-13-20(21(25)22-18-9-3-2-4-10-18)24(23-15)19-12-11-16-7-5-6-8-17(16)14-19/h4-11,16-18H,12-15H2,1-3H3,(H,28,33);2-14H,1H3,(H,22,25). The van der Waals surface area contributed by atoms with Crippen molar-refractivity contribution in [2.24, 2.45) is 0 Å². The van der Waals surface area contributed by atoms with E-state index >= 15 is 0 Å². The Hall–Kier alpha value is -7.09. The smallest absolute Gasteiger partial charge is 0.274 e. The summed E-state index contributed by atoms with van der Waals surface area (Å²) >= 11 is 0. The number of likely N-dealkylation sites (N-methyl/N-ethyl adjacent to an activating group) is 1. The fourth-order valence-electron chi connectivity index (χ4n) is 7.41. The highest BCUT2D eigenvalue weighted by molar-refractivity contribution is 7.90. The number of piperazine rings is 1. The Balaban J connectivity index is 0.000000180. The number of anilines is 3. The average molecular weight is 831 g/mol. The summed E-state index contributed by atoms with van der Waals surface area (Å²) in [4.78, 5) is 30.8. The largest absolute Gasteiger partial charge is 0.369 e. The Morgan fingerprint density at radius 3 is 1.64 bits per heavy atom. The Bertz CT molecular complexity index is 2990. The summed E-state index contributed by atoms with van der Waals surface area (Å²) in [5.74, 6) is -0.546. The first-order valence-corrected chi connectivity index (χ1v) is 21.9. The zero-order valence-electron chi connectivity index (χ0n) is 34.4. The molecule has 13 heteroatoms. The molecule has 1 aliphatic rings. The number of nitrogens with one attached hydrogen (secondary N) is 2. The van der Waals surface area contributed by atoms with Crippen LogP contribution < -0.4 is 15.5 Å². The molecule has 1 aliphatic heterocycles. The number of hydrogen-bond donors (Lipinski definition) is 2. The SMILES string of the molecule is Cc1cc(C(=O)Nc2ccc(N3CCN(C)CC3)cc2)n(-c2cc3ccccc3cc2S(C)(=O)=O)n1.Cc1cc(C(=O)Nc2ccccc2)n(-c2ccc3ccccc3c2)n1. The van der Waals surface area contributed by atoms with Gasteiger partial charge in [-0.2, -0.15) is 10.2 Å². The average Bonchev–Trinajstić information content (AvgIpc) is 3.86. The second-order valence-electron chi connectivity index (χ2n) is 15.2. The topological polar surface area (TPSA) is 134 Å². The van der Waals surface area contributed by atoms with Crippen molar-refractivity contribution in [3.05, 3.63) is 168 Å². The van der Waals surface area contributed by atoms with Crippen LogP contribution in [0.15, 0.2) is 150 Å². The number of hydrogen-bond acceptors (Lipinski definition) is 8. The Labute approximate surface area is 355 Å². The van der Waals surface area contributed by atoms with Gasteiger partial charge in [0.15, 0.2) is 9.84 Å². The molecule has 308 valence electrons. The van der Waals surface area contributed by atoms with Crippen LogP contribution in [0.5, 0.6) is 0 Å². The summed E-state index contributed by atoms with van der Waals surface area (Å²) < 4.78 is 28.5. The predicted molar refractivity (Wildman–Crippen MR) is 243 cm³/mol. The molecule has 2 aromatic heterocycles. The van der Waals surface area contributed by atoms with E-state index in [1.54, 1.807) is 35.9 Å². The van der Waals surface area contributed by atoms with Gasteiger partial charge in [-0.05, 0) is 115 Å². The Morgan fingerprint density at radius 2 is 1.03 bits per heavy atom. The maximum absolute atomic E-state index is 13.3. The number of nitrogens with zero attached hydrogens (tertiary/aromatic N) is 6. The van der Waals surface area contributed by atoms with Crippen LogP contribution in [-0.4, -0.2) is 84.2 Å². The number of carbonyl (C=O) groups is 2. The molecule has 1 saturated heterocycles. The highest BCUT2D eigenvalue weighted by Gasteiger charge is 2.23. The van der Waals surface area contributed by atoms with E-state index in [4.69, 9.17) is 0 Å². The van der Waals surface area contributed by atoms with E-state index in [2.05, 4.69) is 49.8 Å². The van der Waals surface area contributed by atoms with Gasteiger partial charge in [-0.25, -0.2) is 17.8 Å². The van der Waals surface area contributed by atoms with Crippen LogP contribution >= 0.6 is 0 Å². The van der Waals surface area contributed by atoms with Crippen LogP contribution in [0, 0.1) is 13.8 Å². The molecule has 8 aromatic rings. The molecule has 2 N–H and O–H groups in total. The number of rotatable bonds is 8. The number of benzene rings is 6. The zero-order valence-corrected chi connectivity index (χ0v) is 35.2. The number of aromatic nitrogens is 4. The molecule has 0 aliphatic carbocycles. The lowest BCUT2D eigenvalue weighted by atomic mass is 10.1. The van der Waals surface area contributed by atoms with Gasteiger partial charge in [-0.15, -0.1) is 0 Å². The van der Waals surface area contributed by atoms with Crippen molar-refractivity contribution in [1.29, 1.82) is 0 Å². The minimum atomic E-state index is -3.58. The molecule has 1 fully saturated rings.